The molecule has 1 aliphatic rings. The van der Waals surface area contributed by atoms with Crippen molar-refractivity contribution < 1.29 is 9.59 Å². The molecular formula is C23H31N5O2S. The number of nitrogens with one attached hydrogen (secondary N) is 2. The molecule has 1 saturated carbocycles. The number of thiophene rings is 1. The zero-order valence-electron chi connectivity index (χ0n) is 18.0. The molecule has 8 heteroatoms. The van der Waals surface area contributed by atoms with Crippen LogP contribution in [0.5, 0.6) is 0 Å². The molecule has 1 aromatic carbocycles. The summed E-state index contributed by atoms with van der Waals surface area (Å²) in [6, 6.07) is 9.34. The topological polar surface area (TPSA) is 99.8 Å². The Morgan fingerprint density at radius 1 is 1.26 bits per heavy atom. The van der Waals surface area contributed by atoms with E-state index in [-0.39, 0.29) is 11.8 Å². The van der Waals surface area contributed by atoms with Gasteiger partial charge in [0.05, 0.1) is 22.6 Å². The molecular weight excluding hydrogens is 410 g/mol. The Morgan fingerprint density at radius 3 is 2.77 bits per heavy atom. The summed E-state index contributed by atoms with van der Waals surface area (Å²) in [4.78, 5) is 32.0. The van der Waals surface area contributed by atoms with Gasteiger partial charge in [0, 0.05) is 25.2 Å². The maximum Gasteiger partial charge on any atom is 0.266 e. The summed E-state index contributed by atoms with van der Waals surface area (Å²) in [5.41, 5.74) is 7.64. The lowest BCUT2D eigenvalue weighted by Gasteiger charge is -2.31. The summed E-state index contributed by atoms with van der Waals surface area (Å²) in [6.07, 6.45) is 7.94. The summed E-state index contributed by atoms with van der Waals surface area (Å²) in [5, 5.41) is 7.85. The quantitative estimate of drug-likeness (QED) is 0.311. The number of anilines is 1. The maximum atomic E-state index is 13.1. The lowest BCUT2D eigenvalue weighted by atomic mass is 9.94. The summed E-state index contributed by atoms with van der Waals surface area (Å²) in [7, 11) is 1.89. The van der Waals surface area contributed by atoms with Gasteiger partial charge in [0.2, 0.25) is 0 Å². The number of aliphatic imine (C=N–C) groups is 1. The maximum absolute atomic E-state index is 13.1. The minimum atomic E-state index is -0.197. The minimum absolute atomic E-state index is 0.0234. The molecule has 166 valence electrons. The van der Waals surface area contributed by atoms with Crippen molar-refractivity contribution >= 4 is 40.9 Å². The molecule has 1 fully saturated rings. The van der Waals surface area contributed by atoms with Crippen LogP contribution in [0, 0.1) is 0 Å². The van der Waals surface area contributed by atoms with Crippen molar-refractivity contribution in [3.05, 3.63) is 46.2 Å². The van der Waals surface area contributed by atoms with Crippen LogP contribution in [0.15, 0.2) is 40.7 Å². The standard InChI is InChI=1S/C23H31N5O2S/c1-28(18-7-3-2-4-8-18)23(30)17-10-11-19(20(15-17)25-13-6-12-24)26-16-27-22(29)21-9-5-14-31-21/h5,9-11,14-16,18,25H,2-4,6-8,12-13,24H2,1H3,(H,26,27,29). The van der Waals surface area contributed by atoms with E-state index in [0.29, 0.717) is 35.3 Å². The van der Waals surface area contributed by atoms with Crippen LogP contribution in [0.4, 0.5) is 11.4 Å². The van der Waals surface area contributed by atoms with Gasteiger partial charge in [-0.05, 0) is 55.5 Å². The van der Waals surface area contributed by atoms with Gasteiger partial charge in [-0.3, -0.25) is 9.59 Å². The van der Waals surface area contributed by atoms with Crippen LogP contribution in [-0.2, 0) is 0 Å². The van der Waals surface area contributed by atoms with Gasteiger partial charge in [0.15, 0.2) is 0 Å². The fourth-order valence-corrected chi connectivity index (χ4v) is 4.35. The van der Waals surface area contributed by atoms with Gasteiger partial charge in [0.1, 0.15) is 0 Å². The number of benzene rings is 1. The van der Waals surface area contributed by atoms with Crippen molar-refractivity contribution in [2.45, 2.75) is 44.6 Å². The molecule has 0 aliphatic heterocycles. The lowest BCUT2D eigenvalue weighted by molar-refractivity contribution is 0.0696. The van der Waals surface area contributed by atoms with E-state index in [0.717, 1.165) is 24.9 Å². The highest BCUT2D eigenvalue weighted by Gasteiger charge is 2.23. The second-order valence-electron chi connectivity index (χ2n) is 7.72. The van der Waals surface area contributed by atoms with Crippen molar-refractivity contribution in [1.29, 1.82) is 0 Å². The molecule has 0 unspecified atom stereocenters. The molecule has 0 radical (unpaired) electrons. The van der Waals surface area contributed by atoms with Gasteiger partial charge in [0.25, 0.3) is 11.8 Å². The lowest BCUT2D eigenvalue weighted by Crippen LogP contribution is -2.38. The van der Waals surface area contributed by atoms with Crippen LogP contribution in [0.25, 0.3) is 0 Å². The van der Waals surface area contributed by atoms with Gasteiger partial charge in [-0.2, -0.15) is 0 Å². The van der Waals surface area contributed by atoms with Gasteiger partial charge in [-0.15, -0.1) is 11.3 Å². The zero-order valence-corrected chi connectivity index (χ0v) is 18.8. The fourth-order valence-electron chi connectivity index (χ4n) is 3.73. The molecule has 1 heterocycles. The summed E-state index contributed by atoms with van der Waals surface area (Å²) in [6.45, 7) is 1.25. The number of nitrogens with zero attached hydrogens (tertiary/aromatic N) is 2. The average molecular weight is 442 g/mol. The number of hydrogen-bond acceptors (Lipinski definition) is 6. The normalized spacial score (nSPS) is 14.5. The van der Waals surface area contributed by atoms with Crippen LogP contribution in [0.3, 0.4) is 0 Å². The smallest absolute Gasteiger partial charge is 0.266 e. The first-order chi connectivity index (χ1) is 15.1. The molecule has 2 aromatic rings. The highest BCUT2D eigenvalue weighted by molar-refractivity contribution is 7.12. The molecule has 0 spiro atoms. The Morgan fingerprint density at radius 2 is 2.06 bits per heavy atom. The minimum Gasteiger partial charge on any atom is -0.383 e. The third-order valence-electron chi connectivity index (χ3n) is 5.53. The van der Waals surface area contributed by atoms with Gasteiger partial charge in [-0.25, -0.2) is 4.99 Å². The van der Waals surface area contributed by atoms with Crippen LogP contribution in [0.1, 0.15) is 58.6 Å². The van der Waals surface area contributed by atoms with Gasteiger partial charge >= 0.3 is 0 Å². The second-order valence-corrected chi connectivity index (χ2v) is 8.67. The zero-order chi connectivity index (χ0) is 22.1. The molecule has 0 atom stereocenters. The predicted molar refractivity (Wildman–Crippen MR) is 128 cm³/mol. The van der Waals surface area contributed by atoms with E-state index in [1.165, 1.54) is 36.9 Å². The van der Waals surface area contributed by atoms with E-state index in [1.54, 1.807) is 18.2 Å². The summed E-state index contributed by atoms with van der Waals surface area (Å²) in [5.74, 6) is -0.174. The number of amides is 2. The van der Waals surface area contributed by atoms with Crippen LogP contribution < -0.4 is 16.4 Å². The third-order valence-corrected chi connectivity index (χ3v) is 6.40. The number of hydrogen-bond donors (Lipinski definition) is 3. The van der Waals surface area contributed by atoms with E-state index in [1.807, 2.05) is 29.5 Å². The summed E-state index contributed by atoms with van der Waals surface area (Å²) < 4.78 is 0. The van der Waals surface area contributed by atoms with Crippen LogP contribution in [-0.4, -0.2) is 49.2 Å². The SMILES string of the molecule is CN(C(=O)c1ccc(N=CNC(=O)c2cccs2)c(NCCCN)c1)C1CCCCC1. The van der Waals surface area contributed by atoms with Crippen molar-refractivity contribution in [3.63, 3.8) is 0 Å². The van der Waals surface area contributed by atoms with E-state index in [4.69, 9.17) is 5.73 Å². The number of rotatable bonds is 9. The molecule has 0 bridgehead atoms. The average Bonchev–Trinajstić information content (AvgIpc) is 3.35. The first-order valence-corrected chi connectivity index (χ1v) is 11.7. The summed E-state index contributed by atoms with van der Waals surface area (Å²) >= 11 is 1.37. The third kappa shape index (κ3) is 6.38. The number of nitrogens with two attached hydrogens (primary N) is 1. The molecule has 31 heavy (non-hydrogen) atoms. The molecule has 7 nitrogen and oxygen atoms in total. The Bertz CT molecular complexity index is 891. The van der Waals surface area contributed by atoms with Crippen molar-refractivity contribution in [3.8, 4) is 0 Å². The predicted octanol–water partition coefficient (Wildman–Crippen LogP) is 4.00. The molecule has 0 saturated heterocycles. The van der Waals surface area contributed by atoms with Gasteiger partial charge < -0.3 is 21.3 Å². The molecule has 2 amide bonds. The number of carbonyl (C=O) groups excluding carboxylic acids is 2. The van der Waals surface area contributed by atoms with E-state index in [2.05, 4.69) is 15.6 Å². The Hall–Kier alpha value is -2.71. The fraction of sp³-hybridized carbons (Fsp3) is 0.435. The largest absolute Gasteiger partial charge is 0.383 e. The van der Waals surface area contributed by atoms with Crippen molar-refractivity contribution in [1.82, 2.24) is 10.2 Å². The van der Waals surface area contributed by atoms with Gasteiger partial charge in [-0.1, -0.05) is 25.3 Å². The first-order valence-electron chi connectivity index (χ1n) is 10.8. The molecule has 1 aliphatic carbocycles. The molecule has 4 N–H and O–H groups in total. The second kappa shape index (κ2) is 11.6. The first kappa shape index (κ1) is 23.0. The molecule has 1 aromatic heterocycles. The Labute approximate surface area is 187 Å². The van der Waals surface area contributed by atoms with Crippen molar-refractivity contribution in [2.24, 2.45) is 10.7 Å². The van der Waals surface area contributed by atoms with Crippen LogP contribution >= 0.6 is 11.3 Å². The Balaban J connectivity index is 1.73. The van der Waals surface area contributed by atoms with Crippen LogP contribution in [0.2, 0.25) is 0 Å². The van der Waals surface area contributed by atoms with E-state index in [9.17, 15) is 9.59 Å². The highest BCUT2D eigenvalue weighted by atomic mass is 32.1. The number of carbonyl (C=O) groups is 2. The molecule has 3 rings (SSSR count). The van der Waals surface area contributed by atoms with E-state index >= 15 is 0 Å². The monoisotopic (exact) mass is 441 g/mol. The van der Waals surface area contributed by atoms with E-state index < -0.39 is 0 Å². The highest BCUT2D eigenvalue weighted by Crippen LogP contribution is 2.28. The van der Waals surface area contributed by atoms with Crippen molar-refractivity contribution in [2.75, 3.05) is 25.5 Å². The Kier molecular flexibility index (Phi) is 8.61.